The number of anilines is 3. The molecule has 0 bridgehead atoms. The summed E-state index contributed by atoms with van der Waals surface area (Å²) in [4.78, 5) is 0. The molecule has 0 spiro atoms. The Bertz CT molecular complexity index is 753. The fourth-order valence-corrected chi connectivity index (χ4v) is 2.20. The topological polar surface area (TPSA) is 47.3 Å². The van der Waals surface area contributed by atoms with Gasteiger partial charge in [-0.1, -0.05) is 30.3 Å². The van der Waals surface area contributed by atoms with Crippen LogP contribution in [0.1, 0.15) is 0 Å². The number of fused-ring (bicyclic) bond motifs is 1. The number of nitrogens with two attached hydrogens (primary N) is 1. The van der Waals surface area contributed by atoms with Crippen LogP contribution in [0.15, 0.2) is 60.7 Å². The van der Waals surface area contributed by atoms with Gasteiger partial charge in [0.05, 0.1) is 18.5 Å². The van der Waals surface area contributed by atoms with E-state index >= 15 is 0 Å². The molecule has 0 amide bonds. The first kappa shape index (κ1) is 12.4. The van der Waals surface area contributed by atoms with Gasteiger partial charge in [0.25, 0.3) is 0 Å². The third-order valence-electron chi connectivity index (χ3n) is 3.29. The van der Waals surface area contributed by atoms with Crippen LogP contribution in [0, 0.1) is 0 Å². The van der Waals surface area contributed by atoms with E-state index in [-0.39, 0.29) is 0 Å². The van der Waals surface area contributed by atoms with E-state index in [1.807, 2.05) is 36.4 Å². The summed E-state index contributed by atoms with van der Waals surface area (Å²) in [6, 6.07) is 20.1. The number of methoxy groups -OCH3 is 1. The molecule has 0 aliphatic heterocycles. The van der Waals surface area contributed by atoms with Gasteiger partial charge in [-0.2, -0.15) is 0 Å². The summed E-state index contributed by atoms with van der Waals surface area (Å²) < 4.78 is 5.15. The van der Waals surface area contributed by atoms with Crippen LogP contribution in [0.4, 0.5) is 17.1 Å². The van der Waals surface area contributed by atoms with Crippen LogP contribution in [0.5, 0.6) is 5.75 Å². The molecule has 0 heterocycles. The lowest BCUT2D eigenvalue weighted by atomic mass is 10.1. The van der Waals surface area contributed by atoms with Crippen molar-refractivity contribution in [1.29, 1.82) is 0 Å². The Balaban J connectivity index is 1.92. The van der Waals surface area contributed by atoms with Gasteiger partial charge in [0, 0.05) is 11.8 Å². The lowest BCUT2D eigenvalue weighted by Crippen LogP contribution is -1.97. The third-order valence-corrected chi connectivity index (χ3v) is 3.29. The highest BCUT2D eigenvalue weighted by atomic mass is 16.5. The fourth-order valence-electron chi connectivity index (χ4n) is 2.20. The van der Waals surface area contributed by atoms with Crippen molar-refractivity contribution in [2.75, 3.05) is 18.2 Å². The Kier molecular flexibility index (Phi) is 3.17. The van der Waals surface area contributed by atoms with Crippen LogP contribution in [-0.4, -0.2) is 7.11 Å². The molecule has 3 aromatic rings. The number of hydrogen-bond donors (Lipinski definition) is 2. The van der Waals surface area contributed by atoms with Crippen molar-refractivity contribution < 1.29 is 4.74 Å². The van der Waals surface area contributed by atoms with Gasteiger partial charge in [-0.15, -0.1) is 0 Å². The van der Waals surface area contributed by atoms with Gasteiger partial charge in [-0.3, -0.25) is 0 Å². The van der Waals surface area contributed by atoms with Crippen molar-refractivity contribution in [2.45, 2.75) is 0 Å². The normalized spacial score (nSPS) is 10.4. The molecule has 0 radical (unpaired) electrons. The number of nitrogen functional groups attached to an aromatic ring is 1. The predicted molar refractivity (Wildman–Crippen MR) is 84.6 cm³/mol. The van der Waals surface area contributed by atoms with Gasteiger partial charge < -0.3 is 15.8 Å². The Labute approximate surface area is 118 Å². The first-order valence-electron chi connectivity index (χ1n) is 6.45. The molecule has 0 aliphatic carbocycles. The maximum atomic E-state index is 6.01. The summed E-state index contributed by atoms with van der Waals surface area (Å²) in [5.74, 6) is 0.756. The zero-order valence-electron chi connectivity index (χ0n) is 11.3. The second-order valence-electron chi connectivity index (χ2n) is 4.64. The first-order chi connectivity index (χ1) is 9.76. The number of nitrogens with one attached hydrogen (secondary N) is 1. The van der Waals surface area contributed by atoms with Crippen molar-refractivity contribution in [1.82, 2.24) is 0 Å². The van der Waals surface area contributed by atoms with Crippen molar-refractivity contribution >= 4 is 27.8 Å². The maximum Gasteiger partial charge on any atom is 0.121 e. The zero-order valence-corrected chi connectivity index (χ0v) is 11.3. The minimum atomic E-state index is 0.664. The van der Waals surface area contributed by atoms with E-state index in [2.05, 4.69) is 29.6 Å². The molecule has 0 atom stereocenters. The average molecular weight is 264 g/mol. The van der Waals surface area contributed by atoms with Gasteiger partial charge >= 0.3 is 0 Å². The Morgan fingerprint density at radius 2 is 1.70 bits per heavy atom. The van der Waals surface area contributed by atoms with Crippen LogP contribution < -0.4 is 15.8 Å². The van der Waals surface area contributed by atoms with E-state index in [0.717, 1.165) is 17.1 Å². The highest BCUT2D eigenvalue weighted by Gasteiger charge is 2.02. The SMILES string of the molecule is COc1ccc(Nc2ccc3ccccc3c2)c(N)c1. The van der Waals surface area contributed by atoms with Gasteiger partial charge in [0.15, 0.2) is 0 Å². The average Bonchev–Trinajstić information content (AvgIpc) is 2.49. The lowest BCUT2D eigenvalue weighted by molar-refractivity contribution is 0.415. The van der Waals surface area contributed by atoms with Gasteiger partial charge in [0.2, 0.25) is 0 Å². The molecule has 0 aliphatic rings. The summed E-state index contributed by atoms with van der Waals surface area (Å²) in [5, 5.41) is 5.76. The number of ether oxygens (including phenoxy) is 1. The summed E-state index contributed by atoms with van der Waals surface area (Å²) in [7, 11) is 1.63. The third kappa shape index (κ3) is 2.38. The Morgan fingerprint density at radius 3 is 2.45 bits per heavy atom. The molecule has 3 rings (SSSR count). The standard InChI is InChI=1S/C17H16N2O/c1-20-15-8-9-17(16(18)11-15)19-14-7-6-12-4-2-3-5-13(12)10-14/h2-11,19H,18H2,1H3. The van der Waals surface area contributed by atoms with E-state index in [1.54, 1.807) is 7.11 Å². The maximum absolute atomic E-state index is 6.01. The monoisotopic (exact) mass is 264 g/mol. The van der Waals surface area contributed by atoms with E-state index in [4.69, 9.17) is 10.5 Å². The van der Waals surface area contributed by atoms with Crippen LogP contribution in [0.2, 0.25) is 0 Å². The van der Waals surface area contributed by atoms with Crippen LogP contribution in [-0.2, 0) is 0 Å². The van der Waals surface area contributed by atoms with Gasteiger partial charge in [0.1, 0.15) is 5.75 Å². The highest BCUT2D eigenvalue weighted by molar-refractivity contribution is 5.87. The molecule has 3 N–H and O–H groups in total. The smallest absolute Gasteiger partial charge is 0.121 e. The summed E-state index contributed by atoms with van der Waals surface area (Å²) in [5.41, 5.74) is 8.57. The first-order valence-corrected chi connectivity index (χ1v) is 6.45. The van der Waals surface area contributed by atoms with E-state index in [9.17, 15) is 0 Å². The van der Waals surface area contributed by atoms with Gasteiger partial charge in [-0.25, -0.2) is 0 Å². The molecule has 0 saturated carbocycles. The Hall–Kier alpha value is -2.68. The molecule has 20 heavy (non-hydrogen) atoms. The molecular weight excluding hydrogens is 248 g/mol. The van der Waals surface area contributed by atoms with E-state index in [0.29, 0.717) is 5.69 Å². The molecule has 0 saturated heterocycles. The summed E-state index contributed by atoms with van der Waals surface area (Å²) in [6.07, 6.45) is 0. The van der Waals surface area contributed by atoms with Crippen molar-refractivity contribution in [2.24, 2.45) is 0 Å². The van der Waals surface area contributed by atoms with Crippen LogP contribution in [0.3, 0.4) is 0 Å². The second-order valence-corrected chi connectivity index (χ2v) is 4.64. The molecule has 0 aromatic heterocycles. The predicted octanol–water partition coefficient (Wildman–Crippen LogP) is 4.17. The number of benzene rings is 3. The van der Waals surface area contributed by atoms with Gasteiger partial charge in [-0.05, 0) is 35.0 Å². The molecule has 3 heteroatoms. The highest BCUT2D eigenvalue weighted by Crippen LogP contribution is 2.28. The molecule has 100 valence electrons. The number of hydrogen-bond acceptors (Lipinski definition) is 3. The van der Waals surface area contributed by atoms with E-state index in [1.165, 1.54) is 10.8 Å². The zero-order chi connectivity index (χ0) is 13.9. The summed E-state index contributed by atoms with van der Waals surface area (Å²) in [6.45, 7) is 0. The quantitative estimate of drug-likeness (QED) is 0.698. The molecule has 3 nitrogen and oxygen atoms in total. The molecule has 0 fully saturated rings. The van der Waals surface area contributed by atoms with E-state index < -0.39 is 0 Å². The minimum Gasteiger partial charge on any atom is -0.497 e. The second kappa shape index (κ2) is 5.13. The molecule has 0 unspecified atom stereocenters. The molecular formula is C17H16N2O. The minimum absolute atomic E-state index is 0.664. The van der Waals surface area contributed by atoms with Crippen molar-refractivity contribution in [3.8, 4) is 5.75 Å². The van der Waals surface area contributed by atoms with Crippen LogP contribution >= 0.6 is 0 Å². The van der Waals surface area contributed by atoms with Crippen LogP contribution in [0.25, 0.3) is 10.8 Å². The van der Waals surface area contributed by atoms with Crippen molar-refractivity contribution in [3.05, 3.63) is 60.7 Å². The number of rotatable bonds is 3. The molecule has 3 aromatic carbocycles. The summed E-state index contributed by atoms with van der Waals surface area (Å²) >= 11 is 0. The fraction of sp³-hybridized carbons (Fsp3) is 0.0588. The lowest BCUT2D eigenvalue weighted by Gasteiger charge is -2.11. The van der Waals surface area contributed by atoms with Crippen molar-refractivity contribution in [3.63, 3.8) is 0 Å². The Morgan fingerprint density at radius 1 is 0.900 bits per heavy atom. The largest absolute Gasteiger partial charge is 0.497 e.